The van der Waals surface area contributed by atoms with Gasteiger partial charge in [-0.15, -0.1) is 0 Å². The lowest BCUT2D eigenvalue weighted by Crippen LogP contribution is -2.17. The van der Waals surface area contributed by atoms with Gasteiger partial charge in [0.25, 0.3) is 0 Å². The van der Waals surface area contributed by atoms with Crippen LogP contribution >= 0.6 is 0 Å². The second-order valence-corrected chi connectivity index (χ2v) is 4.56. The molecule has 1 aliphatic heterocycles. The van der Waals surface area contributed by atoms with Crippen molar-refractivity contribution >= 4 is 11.4 Å². The third-order valence-corrected chi connectivity index (χ3v) is 3.29. The van der Waals surface area contributed by atoms with Crippen LogP contribution in [0.2, 0.25) is 0 Å². The van der Waals surface area contributed by atoms with Gasteiger partial charge in [0.15, 0.2) is 6.39 Å². The van der Waals surface area contributed by atoms with E-state index in [1.807, 2.05) is 0 Å². The van der Waals surface area contributed by atoms with Gasteiger partial charge in [0.1, 0.15) is 5.76 Å². The fourth-order valence-electron chi connectivity index (χ4n) is 2.28. The van der Waals surface area contributed by atoms with Crippen molar-refractivity contribution in [3.63, 3.8) is 0 Å². The molecule has 4 heteroatoms. The lowest BCUT2D eigenvalue weighted by Gasteiger charge is -2.17. The SMILES string of the molecule is c1ncc(CNc2ccc(N3CCCC3)cc2)o1. The molecule has 0 spiro atoms. The number of hydrogen-bond donors (Lipinski definition) is 1. The van der Waals surface area contributed by atoms with Crippen LogP contribution in [-0.4, -0.2) is 18.1 Å². The van der Waals surface area contributed by atoms with Gasteiger partial charge >= 0.3 is 0 Å². The topological polar surface area (TPSA) is 41.3 Å². The first kappa shape index (κ1) is 11.1. The molecule has 2 heterocycles. The van der Waals surface area contributed by atoms with E-state index in [2.05, 4.69) is 39.5 Å². The summed E-state index contributed by atoms with van der Waals surface area (Å²) >= 11 is 0. The molecule has 4 nitrogen and oxygen atoms in total. The lowest BCUT2D eigenvalue weighted by atomic mass is 10.2. The number of anilines is 2. The van der Waals surface area contributed by atoms with Crippen molar-refractivity contribution in [2.45, 2.75) is 19.4 Å². The highest BCUT2D eigenvalue weighted by atomic mass is 16.3. The van der Waals surface area contributed by atoms with Gasteiger partial charge in [0.05, 0.1) is 12.7 Å². The maximum absolute atomic E-state index is 5.18. The highest BCUT2D eigenvalue weighted by molar-refractivity contribution is 5.55. The summed E-state index contributed by atoms with van der Waals surface area (Å²) in [6, 6.07) is 8.58. The van der Waals surface area contributed by atoms with Crippen LogP contribution < -0.4 is 10.2 Å². The lowest BCUT2D eigenvalue weighted by molar-refractivity contribution is 0.512. The van der Waals surface area contributed by atoms with Gasteiger partial charge in [0, 0.05) is 24.5 Å². The van der Waals surface area contributed by atoms with Crippen molar-refractivity contribution < 1.29 is 4.42 Å². The molecule has 94 valence electrons. The number of hydrogen-bond acceptors (Lipinski definition) is 4. The zero-order valence-electron chi connectivity index (χ0n) is 10.3. The first-order valence-corrected chi connectivity index (χ1v) is 6.38. The molecular weight excluding hydrogens is 226 g/mol. The molecule has 1 aromatic heterocycles. The van der Waals surface area contributed by atoms with Gasteiger partial charge < -0.3 is 14.6 Å². The molecule has 0 aliphatic carbocycles. The molecule has 18 heavy (non-hydrogen) atoms. The van der Waals surface area contributed by atoms with Crippen LogP contribution in [0.4, 0.5) is 11.4 Å². The van der Waals surface area contributed by atoms with Crippen LogP contribution in [0.3, 0.4) is 0 Å². The molecule has 0 radical (unpaired) electrons. The Morgan fingerprint density at radius 2 is 1.94 bits per heavy atom. The van der Waals surface area contributed by atoms with Crippen molar-refractivity contribution in [3.8, 4) is 0 Å². The van der Waals surface area contributed by atoms with Crippen molar-refractivity contribution in [1.82, 2.24) is 4.98 Å². The Hall–Kier alpha value is -1.97. The Kier molecular flexibility index (Phi) is 3.17. The van der Waals surface area contributed by atoms with Crippen LogP contribution in [-0.2, 0) is 6.54 Å². The molecule has 0 unspecified atom stereocenters. The normalized spacial score (nSPS) is 15.0. The number of aromatic nitrogens is 1. The number of nitrogens with zero attached hydrogens (tertiary/aromatic N) is 2. The smallest absolute Gasteiger partial charge is 0.180 e. The predicted octanol–water partition coefficient (Wildman–Crippen LogP) is 2.89. The highest BCUT2D eigenvalue weighted by Gasteiger charge is 2.11. The van der Waals surface area contributed by atoms with E-state index < -0.39 is 0 Å². The summed E-state index contributed by atoms with van der Waals surface area (Å²) in [5.41, 5.74) is 2.42. The third kappa shape index (κ3) is 2.47. The van der Waals surface area contributed by atoms with Crippen LogP contribution in [0.5, 0.6) is 0 Å². The number of oxazole rings is 1. The fraction of sp³-hybridized carbons (Fsp3) is 0.357. The molecule has 3 rings (SSSR count). The van der Waals surface area contributed by atoms with Gasteiger partial charge in [-0.1, -0.05) is 0 Å². The van der Waals surface area contributed by atoms with Crippen molar-refractivity contribution in [2.24, 2.45) is 0 Å². The average Bonchev–Trinajstić information content (AvgIpc) is 3.10. The fourth-order valence-corrected chi connectivity index (χ4v) is 2.28. The second kappa shape index (κ2) is 5.12. The summed E-state index contributed by atoms with van der Waals surface area (Å²) < 4.78 is 5.18. The molecule has 0 atom stereocenters. The molecule has 0 amide bonds. The minimum Gasteiger partial charge on any atom is -0.447 e. The molecule has 1 N–H and O–H groups in total. The Bertz CT molecular complexity index is 472. The van der Waals surface area contributed by atoms with Crippen LogP contribution in [0.1, 0.15) is 18.6 Å². The zero-order valence-corrected chi connectivity index (χ0v) is 10.3. The summed E-state index contributed by atoms with van der Waals surface area (Å²) in [6.07, 6.45) is 5.80. The monoisotopic (exact) mass is 243 g/mol. The summed E-state index contributed by atoms with van der Waals surface area (Å²) in [4.78, 5) is 6.32. The molecule has 1 aromatic carbocycles. The summed E-state index contributed by atoms with van der Waals surface area (Å²) in [5, 5.41) is 3.31. The standard InChI is InChI=1S/C14H17N3O/c1-2-8-17(7-1)13-5-3-12(4-6-13)16-10-14-9-15-11-18-14/h3-6,9,11,16H,1-2,7-8,10H2. The highest BCUT2D eigenvalue weighted by Crippen LogP contribution is 2.22. The van der Waals surface area contributed by atoms with Gasteiger partial charge in [0.2, 0.25) is 0 Å². The third-order valence-electron chi connectivity index (χ3n) is 3.29. The van der Waals surface area contributed by atoms with Gasteiger partial charge in [-0.05, 0) is 37.1 Å². The molecule has 1 fully saturated rings. The van der Waals surface area contributed by atoms with Crippen molar-refractivity contribution in [1.29, 1.82) is 0 Å². The molecule has 2 aromatic rings. The minimum atomic E-state index is 0.670. The Morgan fingerprint density at radius 1 is 1.17 bits per heavy atom. The summed E-state index contributed by atoms with van der Waals surface area (Å²) in [5.74, 6) is 0.846. The van der Waals surface area contributed by atoms with E-state index in [0.717, 1.165) is 11.4 Å². The van der Waals surface area contributed by atoms with E-state index in [0.29, 0.717) is 6.54 Å². The van der Waals surface area contributed by atoms with Crippen LogP contribution in [0.15, 0.2) is 41.3 Å². The summed E-state index contributed by atoms with van der Waals surface area (Å²) in [6.45, 7) is 3.04. The first-order valence-electron chi connectivity index (χ1n) is 6.38. The van der Waals surface area contributed by atoms with E-state index in [4.69, 9.17) is 4.42 Å². The Labute approximate surface area is 107 Å². The first-order chi connectivity index (χ1) is 8.92. The summed E-state index contributed by atoms with van der Waals surface area (Å²) in [7, 11) is 0. The maximum Gasteiger partial charge on any atom is 0.180 e. The molecule has 0 bridgehead atoms. The van der Waals surface area contributed by atoms with E-state index in [9.17, 15) is 0 Å². The molecule has 0 saturated carbocycles. The van der Waals surface area contributed by atoms with E-state index in [-0.39, 0.29) is 0 Å². The molecule has 1 aliphatic rings. The van der Waals surface area contributed by atoms with Crippen molar-refractivity contribution in [3.05, 3.63) is 42.6 Å². The molecular formula is C14H17N3O. The van der Waals surface area contributed by atoms with E-state index in [1.165, 1.54) is 38.0 Å². The average molecular weight is 243 g/mol. The zero-order chi connectivity index (χ0) is 12.2. The van der Waals surface area contributed by atoms with Gasteiger partial charge in [-0.2, -0.15) is 0 Å². The minimum absolute atomic E-state index is 0.670. The van der Waals surface area contributed by atoms with Crippen molar-refractivity contribution in [2.75, 3.05) is 23.3 Å². The quantitative estimate of drug-likeness (QED) is 0.896. The van der Waals surface area contributed by atoms with E-state index in [1.54, 1.807) is 6.20 Å². The Balaban J connectivity index is 1.60. The van der Waals surface area contributed by atoms with Crippen LogP contribution in [0, 0.1) is 0 Å². The van der Waals surface area contributed by atoms with Gasteiger partial charge in [-0.3, -0.25) is 0 Å². The molecule has 1 saturated heterocycles. The number of nitrogens with one attached hydrogen (secondary N) is 1. The number of benzene rings is 1. The predicted molar refractivity (Wildman–Crippen MR) is 71.7 cm³/mol. The van der Waals surface area contributed by atoms with Gasteiger partial charge in [-0.25, -0.2) is 4.98 Å². The van der Waals surface area contributed by atoms with E-state index >= 15 is 0 Å². The second-order valence-electron chi connectivity index (χ2n) is 4.56. The maximum atomic E-state index is 5.18. The number of rotatable bonds is 4. The largest absolute Gasteiger partial charge is 0.447 e. The van der Waals surface area contributed by atoms with Crippen LogP contribution in [0.25, 0.3) is 0 Å². The Morgan fingerprint density at radius 3 is 2.61 bits per heavy atom.